The highest BCUT2D eigenvalue weighted by molar-refractivity contribution is 5.44. The molecule has 0 aromatic heterocycles. The third kappa shape index (κ3) is 2.26. The molecular formula is C10H14N. The summed E-state index contributed by atoms with van der Waals surface area (Å²) in [5, 5.41) is 0. The van der Waals surface area contributed by atoms with Crippen LogP contribution in [0.3, 0.4) is 0 Å². The Bertz CT molecular complexity index is 193. The van der Waals surface area contributed by atoms with E-state index in [0.29, 0.717) is 0 Å². The van der Waals surface area contributed by atoms with Gasteiger partial charge in [0, 0.05) is 19.3 Å². The van der Waals surface area contributed by atoms with Gasteiger partial charge in [-0.15, -0.1) is 0 Å². The van der Waals surface area contributed by atoms with Crippen LogP contribution >= 0.6 is 0 Å². The number of nitrogens with zero attached hydrogens (tertiary/aromatic N) is 1. The molecule has 1 aromatic rings. The lowest BCUT2D eigenvalue weighted by atomic mass is 10.3. The van der Waals surface area contributed by atoms with Crippen LogP contribution in [0.5, 0.6) is 0 Å². The van der Waals surface area contributed by atoms with Crippen molar-refractivity contribution in [1.82, 2.24) is 0 Å². The molecule has 0 atom stereocenters. The lowest BCUT2D eigenvalue weighted by Crippen LogP contribution is -2.17. The quantitative estimate of drug-likeness (QED) is 0.636. The topological polar surface area (TPSA) is 3.24 Å². The monoisotopic (exact) mass is 148 g/mol. The summed E-state index contributed by atoms with van der Waals surface area (Å²) in [4.78, 5) is 2.24. The predicted octanol–water partition coefficient (Wildman–Crippen LogP) is 2.33. The third-order valence-electron chi connectivity index (χ3n) is 1.70. The van der Waals surface area contributed by atoms with E-state index in [1.54, 1.807) is 0 Å². The summed E-state index contributed by atoms with van der Waals surface area (Å²) in [6.45, 7) is 3.30. The molecule has 1 radical (unpaired) electrons. The van der Waals surface area contributed by atoms with Crippen molar-refractivity contribution in [2.45, 2.75) is 13.3 Å². The van der Waals surface area contributed by atoms with Gasteiger partial charge in [-0.2, -0.15) is 0 Å². The standard InChI is InChI=1S/C10H14N/c1-3-9-11(2)10-7-5-4-6-8-10/h5-8H,3,9H2,1-2H3. The molecule has 0 aliphatic carbocycles. The molecule has 0 saturated carbocycles. The summed E-state index contributed by atoms with van der Waals surface area (Å²) in [6, 6.07) is 11.1. The maximum atomic E-state index is 3.00. The predicted molar refractivity (Wildman–Crippen MR) is 48.8 cm³/mol. The van der Waals surface area contributed by atoms with Crippen LogP contribution in [0.25, 0.3) is 0 Å². The first kappa shape index (κ1) is 8.12. The first-order valence-corrected chi connectivity index (χ1v) is 4.02. The fourth-order valence-corrected chi connectivity index (χ4v) is 1.10. The lowest BCUT2D eigenvalue weighted by molar-refractivity contribution is 0.852. The summed E-state index contributed by atoms with van der Waals surface area (Å²) in [5.74, 6) is 0. The number of anilines is 1. The SMILES string of the molecule is CCCN(C)c1cc[c]cc1. The van der Waals surface area contributed by atoms with E-state index in [4.69, 9.17) is 0 Å². The van der Waals surface area contributed by atoms with Gasteiger partial charge >= 0.3 is 0 Å². The highest BCUT2D eigenvalue weighted by Gasteiger charge is 1.95. The van der Waals surface area contributed by atoms with Gasteiger partial charge in [0.15, 0.2) is 0 Å². The highest BCUT2D eigenvalue weighted by atomic mass is 15.1. The smallest absolute Gasteiger partial charge is 0.0364 e. The Morgan fingerprint density at radius 2 is 2.00 bits per heavy atom. The highest BCUT2D eigenvalue weighted by Crippen LogP contribution is 2.10. The zero-order valence-electron chi connectivity index (χ0n) is 7.17. The van der Waals surface area contributed by atoms with Gasteiger partial charge < -0.3 is 4.90 Å². The van der Waals surface area contributed by atoms with Gasteiger partial charge in [-0.3, -0.25) is 0 Å². The molecule has 0 aliphatic heterocycles. The van der Waals surface area contributed by atoms with Crippen molar-refractivity contribution in [2.75, 3.05) is 18.5 Å². The molecule has 0 bridgehead atoms. The zero-order valence-corrected chi connectivity index (χ0v) is 7.17. The van der Waals surface area contributed by atoms with Crippen LogP contribution in [0.2, 0.25) is 0 Å². The fraction of sp³-hybridized carbons (Fsp3) is 0.400. The number of hydrogen-bond acceptors (Lipinski definition) is 1. The molecule has 1 aromatic carbocycles. The minimum atomic E-state index is 1.12. The van der Waals surface area contributed by atoms with Crippen molar-refractivity contribution in [1.29, 1.82) is 0 Å². The van der Waals surface area contributed by atoms with E-state index in [0.717, 1.165) is 6.54 Å². The van der Waals surface area contributed by atoms with Crippen molar-refractivity contribution < 1.29 is 0 Å². The molecule has 0 fully saturated rings. The third-order valence-corrected chi connectivity index (χ3v) is 1.70. The molecule has 0 N–H and O–H groups in total. The number of rotatable bonds is 3. The Kier molecular flexibility index (Phi) is 2.96. The summed E-state index contributed by atoms with van der Waals surface area (Å²) in [6.07, 6.45) is 1.19. The van der Waals surface area contributed by atoms with Crippen molar-refractivity contribution in [2.24, 2.45) is 0 Å². The Labute approximate surface area is 68.7 Å². The van der Waals surface area contributed by atoms with Gasteiger partial charge in [0.1, 0.15) is 0 Å². The Balaban J connectivity index is 2.61. The van der Waals surface area contributed by atoms with E-state index in [9.17, 15) is 0 Å². The molecule has 1 nitrogen and oxygen atoms in total. The Morgan fingerprint density at radius 1 is 1.36 bits per heavy atom. The van der Waals surface area contributed by atoms with E-state index in [1.165, 1.54) is 12.1 Å². The van der Waals surface area contributed by atoms with Crippen molar-refractivity contribution in [3.63, 3.8) is 0 Å². The van der Waals surface area contributed by atoms with Crippen LogP contribution in [-0.4, -0.2) is 13.6 Å². The van der Waals surface area contributed by atoms with Crippen molar-refractivity contribution in [3.8, 4) is 0 Å². The second-order valence-corrected chi connectivity index (χ2v) is 2.68. The summed E-state index contributed by atoms with van der Waals surface area (Å²) in [7, 11) is 2.11. The van der Waals surface area contributed by atoms with Crippen LogP contribution < -0.4 is 4.90 Å². The molecule has 0 unspecified atom stereocenters. The maximum Gasteiger partial charge on any atom is 0.0364 e. The minimum absolute atomic E-state index is 1.12. The number of hydrogen-bond donors (Lipinski definition) is 0. The Hall–Kier alpha value is -0.980. The molecule has 0 amide bonds. The average Bonchev–Trinajstić information content (AvgIpc) is 2.07. The fourth-order valence-electron chi connectivity index (χ4n) is 1.10. The average molecular weight is 148 g/mol. The van der Waals surface area contributed by atoms with E-state index < -0.39 is 0 Å². The van der Waals surface area contributed by atoms with Gasteiger partial charge in [0.25, 0.3) is 0 Å². The minimum Gasteiger partial charge on any atom is -0.375 e. The Morgan fingerprint density at radius 3 is 2.55 bits per heavy atom. The maximum absolute atomic E-state index is 3.00. The largest absolute Gasteiger partial charge is 0.375 e. The van der Waals surface area contributed by atoms with E-state index in [1.807, 2.05) is 12.1 Å². The van der Waals surface area contributed by atoms with Gasteiger partial charge in [-0.1, -0.05) is 19.1 Å². The summed E-state index contributed by atoms with van der Waals surface area (Å²) >= 11 is 0. The normalized spacial score (nSPS) is 9.64. The molecular weight excluding hydrogens is 134 g/mol. The van der Waals surface area contributed by atoms with Crippen LogP contribution in [0.15, 0.2) is 24.3 Å². The lowest BCUT2D eigenvalue weighted by Gasteiger charge is -2.17. The van der Waals surface area contributed by atoms with E-state index >= 15 is 0 Å². The summed E-state index contributed by atoms with van der Waals surface area (Å²) < 4.78 is 0. The summed E-state index contributed by atoms with van der Waals surface area (Å²) in [5.41, 5.74) is 1.27. The molecule has 1 heteroatoms. The first-order valence-electron chi connectivity index (χ1n) is 4.02. The molecule has 59 valence electrons. The van der Waals surface area contributed by atoms with Crippen molar-refractivity contribution in [3.05, 3.63) is 30.3 Å². The molecule has 0 saturated heterocycles. The molecule has 11 heavy (non-hydrogen) atoms. The van der Waals surface area contributed by atoms with Crippen LogP contribution in [0.4, 0.5) is 5.69 Å². The second-order valence-electron chi connectivity index (χ2n) is 2.68. The van der Waals surface area contributed by atoms with Gasteiger partial charge in [0.05, 0.1) is 0 Å². The van der Waals surface area contributed by atoms with Crippen LogP contribution in [0, 0.1) is 6.07 Å². The molecule has 1 rings (SSSR count). The van der Waals surface area contributed by atoms with Crippen molar-refractivity contribution >= 4 is 5.69 Å². The molecule has 0 aliphatic rings. The zero-order chi connectivity index (χ0) is 8.10. The van der Waals surface area contributed by atoms with Crippen LogP contribution in [0.1, 0.15) is 13.3 Å². The van der Waals surface area contributed by atoms with Gasteiger partial charge in [0.2, 0.25) is 0 Å². The van der Waals surface area contributed by atoms with E-state index in [2.05, 4.69) is 37.1 Å². The van der Waals surface area contributed by atoms with E-state index in [-0.39, 0.29) is 0 Å². The number of benzene rings is 1. The van der Waals surface area contributed by atoms with Crippen LogP contribution in [-0.2, 0) is 0 Å². The van der Waals surface area contributed by atoms with Gasteiger partial charge in [-0.25, -0.2) is 0 Å². The van der Waals surface area contributed by atoms with Gasteiger partial charge in [-0.05, 0) is 24.6 Å². The second kappa shape index (κ2) is 4.02. The first-order chi connectivity index (χ1) is 5.34. The molecule has 0 heterocycles. The molecule has 0 spiro atoms.